The molecular weight excluding hydrogens is 540 g/mol. The number of likely N-dealkylation sites (tertiary alicyclic amines) is 1. The van der Waals surface area contributed by atoms with E-state index in [0.29, 0.717) is 5.69 Å². The van der Waals surface area contributed by atoms with E-state index in [1.54, 1.807) is 65.8 Å². The number of imide groups is 1. The van der Waals surface area contributed by atoms with E-state index in [-0.39, 0.29) is 73.9 Å². The summed E-state index contributed by atoms with van der Waals surface area (Å²) in [5.41, 5.74) is 0.677. The number of benzene rings is 1. The summed E-state index contributed by atoms with van der Waals surface area (Å²) in [6.45, 7) is 14.5. The molecular formula is C31H46N4O7. The van der Waals surface area contributed by atoms with Gasteiger partial charge in [0.2, 0.25) is 29.5 Å². The number of nitrogens with zero attached hydrogens (tertiary/aromatic N) is 1. The van der Waals surface area contributed by atoms with Gasteiger partial charge in [-0.3, -0.25) is 33.7 Å². The van der Waals surface area contributed by atoms with Gasteiger partial charge in [-0.25, -0.2) is 0 Å². The number of carbonyl (C=O) groups is 6. The summed E-state index contributed by atoms with van der Waals surface area (Å²) in [7, 11) is 0. The number of esters is 1. The molecule has 11 nitrogen and oxygen atoms in total. The van der Waals surface area contributed by atoms with Crippen LogP contribution in [0.25, 0.3) is 0 Å². The lowest BCUT2D eigenvalue weighted by molar-refractivity contribution is -0.154. The molecule has 5 amide bonds. The van der Waals surface area contributed by atoms with Crippen LogP contribution in [0.4, 0.5) is 5.69 Å². The third-order valence-corrected chi connectivity index (χ3v) is 7.09. The fraction of sp³-hybridized carbons (Fsp3) is 0.613. The first-order chi connectivity index (χ1) is 19.5. The zero-order valence-corrected chi connectivity index (χ0v) is 26.0. The van der Waals surface area contributed by atoms with Gasteiger partial charge >= 0.3 is 5.97 Å². The van der Waals surface area contributed by atoms with Gasteiger partial charge in [-0.2, -0.15) is 0 Å². The van der Waals surface area contributed by atoms with Gasteiger partial charge in [0, 0.05) is 31.0 Å². The van der Waals surface area contributed by atoms with E-state index >= 15 is 0 Å². The molecule has 0 aliphatic carbocycles. The summed E-state index contributed by atoms with van der Waals surface area (Å²) < 4.78 is 5.30. The number of ether oxygens (including phenoxy) is 1. The minimum atomic E-state index is -0.885. The second-order valence-electron chi connectivity index (χ2n) is 12.6. The van der Waals surface area contributed by atoms with Crippen LogP contribution < -0.4 is 16.0 Å². The summed E-state index contributed by atoms with van der Waals surface area (Å²) in [6.07, 6.45) is 0.530. The maximum Gasteiger partial charge on any atom is 0.311 e. The summed E-state index contributed by atoms with van der Waals surface area (Å²) >= 11 is 0. The Kier molecular flexibility index (Phi) is 12.2. The van der Waals surface area contributed by atoms with Gasteiger partial charge in [-0.05, 0) is 63.6 Å². The second kappa shape index (κ2) is 14.9. The minimum absolute atomic E-state index is 0.0430. The lowest BCUT2D eigenvalue weighted by Crippen LogP contribution is -2.53. The minimum Gasteiger partial charge on any atom is -0.460 e. The summed E-state index contributed by atoms with van der Waals surface area (Å²) in [5.74, 6) is -2.54. The number of anilines is 1. The highest BCUT2D eigenvalue weighted by Gasteiger charge is 2.39. The van der Waals surface area contributed by atoms with Gasteiger partial charge in [0.05, 0.1) is 5.41 Å². The van der Waals surface area contributed by atoms with E-state index in [1.807, 2.05) is 13.8 Å². The Bertz CT molecular complexity index is 1150. The highest BCUT2D eigenvalue weighted by molar-refractivity contribution is 6.03. The number of carbonyl (C=O) groups excluding carboxylic acids is 6. The number of amides is 5. The molecule has 11 heteroatoms. The molecule has 1 aromatic carbocycles. The Hall–Kier alpha value is -3.76. The third kappa shape index (κ3) is 9.95. The Morgan fingerprint density at radius 2 is 1.57 bits per heavy atom. The smallest absolute Gasteiger partial charge is 0.311 e. The summed E-state index contributed by atoms with van der Waals surface area (Å²) in [6, 6.07) is 5.06. The van der Waals surface area contributed by atoms with Crippen molar-refractivity contribution in [3.8, 4) is 0 Å². The van der Waals surface area contributed by atoms with E-state index in [4.69, 9.17) is 4.74 Å². The van der Waals surface area contributed by atoms with Crippen molar-refractivity contribution in [1.29, 1.82) is 0 Å². The standard InChI is InChI=1S/C31H46N4O7/c1-18(2)23-16-25(37)35(29(23)40)15-9-10-24(36)34-26(19(3)4)28(39)32-20(5)27(38)33-22-13-11-21(12-14-22)17-42-30(41)31(6,7)8/h11-14,18-20,23,26H,9-10,15-17H2,1-8H3,(H,32,39)(H,33,38)(H,34,36)/t20-,23?,26-/m0/s1. The molecule has 1 unspecified atom stereocenters. The maximum absolute atomic E-state index is 13.0. The van der Waals surface area contributed by atoms with Crippen LogP contribution in [0.15, 0.2) is 24.3 Å². The topological polar surface area (TPSA) is 151 Å². The molecule has 1 aliphatic heterocycles. The molecule has 1 aromatic rings. The monoisotopic (exact) mass is 586 g/mol. The lowest BCUT2D eigenvalue weighted by atomic mass is 9.94. The molecule has 1 heterocycles. The van der Waals surface area contributed by atoms with E-state index in [9.17, 15) is 28.8 Å². The first-order valence-electron chi connectivity index (χ1n) is 14.5. The van der Waals surface area contributed by atoms with Crippen LogP contribution in [0.5, 0.6) is 0 Å². The Balaban J connectivity index is 1.83. The van der Waals surface area contributed by atoms with Crippen molar-refractivity contribution in [2.24, 2.45) is 23.2 Å². The van der Waals surface area contributed by atoms with Crippen molar-refractivity contribution >= 4 is 41.2 Å². The van der Waals surface area contributed by atoms with Crippen LogP contribution in [-0.4, -0.2) is 59.0 Å². The van der Waals surface area contributed by atoms with Crippen LogP contribution in [0.2, 0.25) is 0 Å². The largest absolute Gasteiger partial charge is 0.460 e. The van der Waals surface area contributed by atoms with Crippen LogP contribution in [0.1, 0.15) is 80.2 Å². The van der Waals surface area contributed by atoms with Gasteiger partial charge < -0.3 is 20.7 Å². The van der Waals surface area contributed by atoms with Gasteiger partial charge in [-0.15, -0.1) is 0 Å². The van der Waals surface area contributed by atoms with Gasteiger partial charge in [0.1, 0.15) is 18.7 Å². The molecule has 2 rings (SSSR count). The quantitative estimate of drug-likeness (QED) is 0.237. The van der Waals surface area contributed by atoms with Crippen molar-refractivity contribution < 1.29 is 33.5 Å². The van der Waals surface area contributed by atoms with E-state index in [1.165, 1.54) is 4.90 Å². The molecule has 1 saturated heterocycles. The van der Waals surface area contributed by atoms with Gasteiger partial charge in [0.15, 0.2) is 0 Å². The lowest BCUT2D eigenvalue weighted by Gasteiger charge is -2.24. The van der Waals surface area contributed by atoms with Gasteiger partial charge in [-0.1, -0.05) is 39.8 Å². The fourth-order valence-corrected chi connectivity index (χ4v) is 4.31. The highest BCUT2D eigenvalue weighted by atomic mass is 16.5. The Morgan fingerprint density at radius 1 is 0.952 bits per heavy atom. The van der Waals surface area contributed by atoms with E-state index in [0.717, 1.165) is 5.56 Å². The average Bonchev–Trinajstić information content (AvgIpc) is 3.19. The van der Waals surface area contributed by atoms with Crippen LogP contribution in [0.3, 0.4) is 0 Å². The molecule has 0 radical (unpaired) electrons. The number of rotatable bonds is 13. The molecule has 0 spiro atoms. The molecule has 232 valence electrons. The molecule has 1 aliphatic rings. The molecule has 3 N–H and O–H groups in total. The summed E-state index contributed by atoms with van der Waals surface area (Å²) in [4.78, 5) is 76.1. The van der Waals surface area contributed by atoms with Crippen molar-refractivity contribution in [3.63, 3.8) is 0 Å². The number of hydrogen-bond acceptors (Lipinski definition) is 7. The molecule has 0 aromatic heterocycles. The third-order valence-electron chi connectivity index (χ3n) is 7.09. The molecule has 3 atom stereocenters. The van der Waals surface area contributed by atoms with Crippen molar-refractivity contribution in [2.75, 3.05) is 11.9 Å². The molecule has 42 heavy (non-hydrogen) atoms. The normalized spacial score (nSPS) is 16.8. The summed E-state index contributed by atoms with van der Waals surface area (Å²) in [5, 5.41) is 8.10. The first-order valence-corrected chi connectivity index (χ1v) is 14.5. The second-order valence-corrected chi connectivity index (χ2v) is 12.6. The predicted octanol–water partition coefficient (Wildman–Crippen LogP) is 3.17. The van der Waals surface area contributed by atoms with Gasteiger partial charge in [0.25, 0.3) is 0 Å². The zero-order chi connectivity index (χ0) is 31.8. The molecule has 1 fully saturated rings. The Labute approximate surface area is 248 Å². The van der Waals surface area contributed by atoms with Crippen molar-refractivity contribution in [3.05, 3.63) is 29.8 Å². The molecule has 0 saturated carbocycles. The average molecular weight is 587 g/mol. The van der Waals surface area contributed by atoms with Crippen LogP contribution >= 0.6 is 0 Å². The Morgan fingerprint density at radius 3 is 2.10 bits per heavy atom. The van der Waals surface area contributed by atoms with Crippen molar-refractivity contribution in [1.82, 2.24) is 15.5 Å². The zero-order valence-electron chi connectivity index (χ0n) is 26.0. The number of hydrogen-bond donors (Lipinski definition) is 3. The fourth-order valence-electron chi connectivity index (χ4n) is 4.31. The van der Waals surface area contributed by atoms with E-state index in [2.05, 4.69) is 16.0 Å². The predicted molar refractivity (Wildman–Crippen MR) is 158 cm³/mol. The van der Waals surface area contributed by atoms with Crippen LogP contribution in [-0.2, 0) is 40.1 Å². The van der Waals surface area contributed by atoms with E-state index < -0.39 is 29.3 Å². The number of nitrogens with one attached hydrogen (secondary N) is 3. The van der Waals surface area contributed by atoms with Crippen molar-refractivity contribution in [2.45, 2.75) is 93.3 Å². The van der Waals surface area contributed by atoms with Crippen LogP contribution in [0, 0.1) is 23.2 Å². The SMILES string of the molecule is CC(C)C1CC(=O)N(CCCC(=O)N[C@H](C(=O)N[C@@H](C)C(=O)Nc2ccc(COC(=O)C(C)(C)C)cc2)C(C)C)C1=O. The maximum atomic E-state index is 13.0. The highest BCUT2D eigenvalue weighted by Crippen LogP contribution is 2.26. The first kappa shape index (κ1) is 34.4. The molecule has 0 bridgehead atoms.